The highest BCUT2D eigenvalue weighted by atomic mass is 16.6. The van der Waals surface area contributed by atoms with Gasteiger partial charge in [-0.3, -0.25) is 14.4 Å². The number of benzene rings is 3. The van der Waals surface area contributed by atoms with Gasteiger partial charge < -0.3 is 4.74 Å². The summed E-state index contributed by atoms with van der Waals surface area (Å²) in [5.41, 5.74) is 3.19. The normalized spacial score (nSPS) is 14.0. The summed E-state index contributed by atoms with van der Waals surface area (Å²) in [4.78, 5) is 38.3. The summed E-state index contributed by atoms with van der Waals surface area (Å²) in [7, 11) is 0. The van der Waals surface area contributed by atoms with Crippen molar-refractivity contribution in [1.29, 1.82) is 0 Å². The molecule has 0 bridgehead atoms. The first kappa shape index (κ1) is 17.7. The summed E-state index contributed by atoms with van der Waals surface area (Å²) in [6.45, 7) is 1.25. The van der Waals surface area contributed by atoms with Gasteiger partial charge in [-0.2, -0.15) is 0 Å². The molecule has 3 aromatic carbocycles. The molecule has 1 unspecified atom stereocenters. The van der Waals surface area contributed by atoms with Crippen LogP contribution in [0.5, 0.6) is 0 Å². The molecule has 1 aliphatic rings. The van der Waals surface area contributed by atoms with Gasteiger partial charge in [0.15, 0.2) is 0 Å². The topological polar surface area (TPSA) is 63.7 Å². The van der Waals surface area contributed by atoms with E-state index in [1.165, 1.54) is 6.92 Å². The fourth-order valence-corrected chi connectivity index (χ4v) is 3.32. The number of hydrogen-bond acceptors (Lipinski definition) is 4. The van der Waals surface area contributed by atoms with Gasteiger partial charge in [0.1, 0.15) is 0 Å². The van der Waals surface area contributed by atoms with Crippen LogP contribution in [0.25, 0.3) is 11.1 Å². The van der Waals surface area contributed by atoms with Crippen molar-refractivity contribution in [1.82, 2.24) is 4.90 Å². The van der Waals surface area contributed by atoms with E-state index in [2.05, 4.69) is 0 Å². The van der Waals surface area contributed by atoms with Crippen molar-refractivity contribution in [3.63, 3.8) is 0 Å². The molecule has 1 atom stereocenters. The van der Waals surface area contributed by atoms with E-state index in [4.69, 9.17) is 4.74 Å². The van der Waals surface area contributed by atoms with Crippen LogP contribution in [0.15, 0.2) is 78.9 Å². The summed E-state index contributed by atoms with van der Waals surface area (Å²) in [6.07, 6.45) is -1.12. The van der Waals surface area contributed by atoms with Gasteiger partial charge in [0.05, 0.1) is 11.1 Å². The zero-order chi connectivity index (χ0) is 19.7. The van der Waals surface area contributed by atoms with Gasteiger partial charge in [0.25, 0.3) is 11.8 Å². The lowest BCUT2D eigenvalue weighted by Crippen LogP contribution is -2.36. The molecular formula is C23H17NO4. The monoisotopic (exact) mass is 371 g/mol. The van der Waals surface area contributed by atoms with Gasteiger partial charge in [0, 0.05) is 12.5 Å². The molecule has 0 saturated heterocycles. The number of carbonyl (C=O) groups is 3. The fourth-order valence-electron chi connectivity index (χ4n) is 3.32. The summed E-state index contributed by atoms with van der Waals surface area (Å²) >= 11 is 0. The van der Waals surface area contributed by atoms with E-state index in [1.807, 2.05) is 42.5 Å². The molecular weight excluding hydrogens is 354 g/mol. The van der Waals surface area contributed by atoms with Crippen LogP contribution >= 0.6 is 0 Å². The first-order valence-electron chi connectivity index (χ1n) is 8.86. The average molecular weight is 371 g/mol. The molecule has 0 saturated carbocycles. The minimum Gasteiger partial charge on any atom is -0.437 e. The smallest absolute Gasteiger partial charge is 0.304 e. The number of amides is 2. The zero-order valence-corrected chi connectivity index (χ0v) is 15.2. The highest BCUT2D eigenvalue weighted by Crippen LogP contribution is 2.33. The Labute approximate surface area is 162 Å². The first-order chi connectivity index (χ1) is 13.6. The van der Waals surface area contributed by atoms with Crippen LogP contribution in [0.4, 0.5) is 0 Å². The summed E-state index contributed by atoms with van der Waals surface area (Å²) in [5, 5.41) is 0. The van der Waals surface area contributed by atoms with Gasteiger partial charge in [-0.1, -0.05) is 66.7 Å². The SMILES string of the molecule is CC(=O)OC(c1ccc(-c2ccccc2)cc1)N1C(=O)c2ccccc2C1=O. The van der Waals surface area contributed by atoms with Crippen molar-refractivity contribution in [3.05, 3.63) is 95.6 Å². The molecule has 4 rings (SSSR count). The van der Waals surface area contributed by atoms with Gasteiger partial charge in [-0.15, -0.1) is 0 Å². The maximum Gasteiger partial charge on any atom is 0.304 e. The maximum absolute atomic E-state index is 12.8. The van der Waals surface area contributed by atoms with Gasteiger partial charge in [-0.25, -0.2) is 4.90 Å². The fraction of sp³-hybridized carbons (Fsp3) is 0.0870. The van der Waals surface area contributed by atoms with Crippen molar-refractivity contribution < 1.29 is 19.1 Å². The van der Waals surface area contributed by atoms with E-state index >= 15 is 0 Å². The first-order valence-corrected chi connectivity index (χ1v) is 8.86. The van der Waals surface area contributed by atoms with Gasteiger partial charge >= 0.3 is 5.97 Å². The summed E-state index contributed by atoms with van der Waals surface area (Å²) in [5.74, 6) is -1.52. The molecule has 1 heterocycles. The number of ether oxygens (including phenoxy) is 1. The number of carbonyl (C=O) groups excluding carboxylic acids is 3. The van der Waals surface area contributed by atoms with Crippen LogP contribution in [0.2, 0.25) is 0 Å². The van der Waals surface area contributed by atoms with Gasteiger partial charge in [0.2, 0.25) is 6.23 Å². The molecule has 5 heteroatoms. The van der Waals surface area contributed by atoms with Crippen molar-refractivity contribution >= 4 is 17.8 Å². The Morgan fingerprint density at radius 2 is 1.25 bits per heavy atom. The molecule has 0 aromatic heterocycles. The Bertz CT molecular complexity index is 1020. The van der Waals surface area contributed by atoms with Crippen LogP contribution in [-0.4, -0.2) is 22.7 Å². The third-order valence-electron chi connectivity index (χ3n) is 4.64. The number of fused-ring (bicyclic) bond motifs is 1. The Balaban J connectivity index is 1.71. The molecule has 28 heavy (non-hydrogen) atoms. The molecule has 0 radical (unpaired) electrons. The van der Waals surface area contributed by atoms with Gasteiger partial charge in [-0.05, 0) is 23.3 Å². The lowest BCUT2D eigenvalue weighted by molar-refractivity contribution is -0.152. The number of esters is 1. The number of imide groups is 1. The van der Waals surface area contributed by atoms with Crippen LogP contribution in [0, 0.1) is 0 Å². The molecule has 138 valence electrons. The molecule has 2 amide bonds. The largest absolute Gasteiger partial charge is 0.437 e. The van der Waals surface area contributed by atoms with Crippen LogP contribution in [-0.2, 0) is 9.53 Å². The molecule has 0 aliphatic carbocycles. The van der Waals surface area contributed by atoms with E-state index < -0.39 is 24.0 Å². The Hall–Kier alpha value is -3.73. The summed E-state index contributed by atoms with van der Waals surface area (Å²) in [6, 6.07) is 23.7. The maximum atomic E-state index is 12.8. The predicted molar refractivity (Wildman–Crippen MR) is 103 cm³/mol. The minimum atomic E-state index is -1.12. The van der Waals surface area contributed by atoms with Crippen molar-refractivity contribution in [3.8, 4) is 11.1 Å². The van der Waals surface area contributed by atoms with Crippen LogP contribution in [0.3, 0.4) is 0 Å². The molecule has 0 N–H and O–H groups in total. The van der Waals surface area contributed by atoms with E-state index in [0.29, 0.717) is 16.7 Å². The summed E-state index contributed by atoms with van der Waals surface area (Å²) < 4.78 is 5.38. The van der Waals surface area contributed by atoms with E-state index in [0.717, 1.165) is 16.0 Å². The standard InChI is InChI=1S/C23H17NO4/c1-15(25)28-23(24-21(26)19-9-5-6-10-20(19)22(24)27)18-13-11-17(12-14-18)16-7-3-2-4-8-16/h2-14,23H,1H3. The zero-order valence-electron chi connectivity index (χ0n) is 15.2. The minimum absolute atomic E-state index is 0.311. The number of rotatable bonds is 4. The van der Waals surface area contributed by atoms with E-state index in [1.54, 1.807) is 36.4 Å². The number of nitrogens with zero attached hydrogens (tertiary/aromatic N) is 1. The van der Waals surface area contributed by atoms with E-state index in [9.17, 15) is 14.4 Å². The molecule has 0 fully saturated rings. The second-order valence-electron chi connectivity index (χ2n) is 6.48. The Morgan fingerprint density at radius 1 is 0.750 bits per heavy atom. The average Bonchev–Trinajstić information content (AvgIpc) is 2.98. The molecule has 3 aromatic rings. The quantitative estimate of drug-likeness (QED) is 0.509. The second kappa shape index (κ2) is 7.12. The Kier molecular flexibility index (Phi) is 4.49. The van der Waals surface area contributed by atoms with Crippen molar-refractivity contribution in [2.75, 3.05) is 0 Å². The number of hydrogen-bond donors (Lipinski definition) is 0. The third-order valence-corrected chi connectivity index (χ3v) is 4.64. The lowest BCUT2D eigenvalue weighted by Gasteiger charge is -2.26. The highest BCUT2D eigenvalue weighted by molar-refractivity contribution is 6.21. The van der Waals surface area contributed by atoms with Crippen LogP contribution in [0.1, 0.15) is 39.4 Å². The predicted octanol–water partition coefficient (Wildman–Crippen LogP) is 4.21. The molecule has 1 aliphatic heterocycles. The highest BCUT2D eigenvalue weighted by Gasteiger charge is 2.42. The van der Waals surface area contributed by atoms with Crippen molar-refractivity contribution in [2.24, 2.45) is 0 Å². The third kappa shape index (κ3) is 3.07. The van der Waals surface area contributed by atoms with Crippen molar-refractivity contribution in [2.45, 2.75) is 13.2 Å². The second-order valence-corrected chi connectivity index (χ2v) is 6.48. The van der Waals surface area contributed by atoms with Crippen LogP contribution < -0.4 is 0 Å². The van der Waals surface area contributed by atoms with E-state index in [-0.39, 0.29) is 0 Å². The Morgan fingerprint density at radius 3 is 1.79 bits per heavy atom. The lowest BCUT2D eigenvalue weighted by atomic mass is 10.0. The molecule has 0 spiro atoms. The molecule has 5 nitrogen and oxygen atoms in total.